The first kappa shape index (κ1) is 23.5. The maximum Gasteiger partial charge on any atom is 0.266 e. The fourth-order valence-electron chi connectivity index (χ4n) is 3.26. The second-order valence-corrected chi connectivity index (χ2v) is 7.88. The number of morpholine rings is 1. The van der Waals surface area contributed by atoms with E-state index < -0.39 is 5.91 Å². The second kappa shape index (κ2) is 10.9. The summed E-state index contributed by atoms with van der Waals surface area (Å²) in [5.41, 5.74) is 2.16. The number of carbonyl (C=O) groups excluding carboxylic acids is 1. The zero-order valence-electron chi connectivity index (χ0n) is 18.4. The summed E-state index contributed by atoms with van der Waals surface area (Å²) in [5.74, 6) is 0.336. The van der Waals surface area contributed by atoms with Crippen molar-refractivity contribution in [3.05, 3.63) is 52.6 Å². The van der Waals surface area contributed by atoms with Crippen LogP contribution in [0, 0.1) is 11.3 Å². The Morgan fingerprint density at radius 1 is 1.25 bits per heavy atom. The van der Waals surface area contributed by atoms with Crippen LogP contribution in [-0.4, -0.2) is 45.4 Å². The van der Waals surface area contributed by atoms with Gasteiger partial charge in [0.25, 0.3) is 5.91 Å². The smallest absolute Gasteiger partial charge is 0.266 e. The van der Waals surface area contributed by atoms with Gasteiger partial charge in [-0.3, -0.25) is 4.79 Å². The SMILES string of the molecule is COc1cc(/C=C(\C#N)C(=O)Nc2ccc(N3CCOCC3)cc2)cc(Cl)c1OC(C)C. The van der Waals surface area contributed by atoms with Gasteiger partial charge in [-0.05, 0) is 61.9 Å². The number of hydrogen-bond acceptors (Lipinski definition) is 6. The molecule has 2 aromatic carbocycles. The maximum atomic E-state index is 12.7. The molecule has 1 saturated heterocycles. The van der Waals surface area contributed by atoms with E-state index in [0.717, 1.165) is 18.8 Å². The highest BCUT2D eigenvalue weighted by Crippen LogP contribution is 2.37. The molecular weight excluding hydrogens is 430 g/mol. The molecule has 1 N–H and O–H groups in total. The van der Waals surface area contributed by atoms with Crippen LogP contribution >= 0.6 is 11.6 Å². The summed E-state index contributed by atoms with van der Waals surface area (Å²) in [5, 5.41) is 12.6. The highest BCUT2D eigenvalue weighted by atomic mass is 35.5. The number of carbonyl (C=O) groups is 1. The van der Waals surface area contributed by atoms with Gasteiger partial charge in [0.15, 0.2) is 11.5 Å². The number of nitriles is 1. The molecule has 0 radical (unpaired) electrons. The summed E-state index contributed by atoms with van der Waals surface area (Å²) in [6.07, 6.45) is 1.38. The summed E-state index contributed by atoms with van der Waals surface area (Å²) >= 11 is 6.34. The van der Waals surface area contributed by atoms with Gasteiger partial charge in [0.1, 0.15) is 11.6 Å². The number of halogens is 1. The Hall–Kier alpha value is -3.21. The number of nitrogens with one attached hydrogen (secondary N) is 1. The highest BCUT2D eigenvalue weighted by Gasteiger charge is 2.16. The van der Waals surface area contributed by atoms with Crippen molar-refractivity contribution < 1.29 is 19.0 Å². The third kappa shape index (κ3) is 5.94. The van der Waals surface area contributed by atoms with Crippen molar-refractivity contribution in [1.82, 2.24) is 0 Å². The summed E-state index contributed by atoms with van der Waals surface area (Å²) in [4.78, 5) is 14.9. The predicted octanol–water partition coefficient (Wildman–Crippen LogP) is 4.52. The molecule has 0 aliphatic carbocycles. The van der Waals surface area contributed by atoms with Crippen molar-refractivity contribution in [1.29, 1.82) is 5.26 Å². The number of nitrogens with zero attached hydrogens (tertiary/aromatic N) is 2. The predicted molar refractivity (Wildman–Crippen MR) is 125 cm³/mol. The van der Waals surface area contributed by atoms with E-state index in [-0.39, 0.29) is 11.7 Å². The minimum absolute atomic E-state index is 0.0575. The molecular formula is C24H26ClN3O4. The van der Waals surface area contributed by atoms with Crippen molar-refractivity contribution in [3.63, 3.8) is 0 Å². The zero-order chi connectivity index (χ0) is 23.1. The van der Waals surface area contributed by atoms with Crippen molar-refractivity contribution in [3.8, 4) is 17.6 Å². The first-order chi connectivity index (χ1) is 15.4. The Balaban J connectivity index is 1.75. The van der Waals surface area contributed by atoms with E-state index in [1.54, 1.807) is 12.1 Å². The van der Waals surface area contributed by atoms with E-state index in [1.807, 2.05) is 44.2 Å². The molecule has 32 heavy (non-hydrogen) atoms. The van der Waals surface area contributed by atoms with Gasteiger partial charge in [-0.1, -0.05) is 11.6 Å². The fourth-order valence-corrected chi connectivity index (χ4v) is 3.53. The monoisotopic (exact) mass is 455 g/mol. The van der Waals surface area contributed by atoms with Crippen LogP contribution in [0.5, 0.6) is 11.5 Å². The molecule has 7 nitrogen and oxygen atoms in total. The third-order valence-electron chi connectivity index (χ3n) is 4.78. The van der Waals surface area contributed by atoms with Crippen LogP contribution < -0.4 is 19.7 Å². The molecule has 8 heteroatoms. The van der Waals surface area contributed by atoms with Crippen LogP contribution in [-0.2, 0) is 9.53 Å². The number of amides is 1. The Kier molecular flexibility index (Phi) is 7.98. The molecule has 0 aromatic heterocycles. The number of anilines is 2. The third-order valence-corrected chi connectivity index (χ3v) is 5.06. The van der Waals surface area contributed by atoms with Gasteiger partial charge in [-0.2, -0.15) is 5.26 Å². The number of ether oxygens (including phenoxy) is 3. The van der Waals surface area contributed by atoms with E-state index in [2.05, 4.69) is 10.2 Å². The molecule has 2 aromatic rings. The van der Waals surface area contributed by atoms with Crippen LogP contribution in [0.1, 0.15) is 19.4 Å². The minimum atomic E-state index is -0.510. The summed E-state index contributed by atoms with van der Waals surface area (Å²) in [7, 11) is 1.50. The Bertz CT molecular complexity index is 1020. The molecule has 1 heterocycles. The lowest BCUT2D eigenvalue weighted by molar-refractivity contribution is -0.112. The van der Waals surface area contributed by atoms with E-state index in [0.29, 0.717) is 41.0 Å². The Morgan fingerprint density at radius 2 is 1.94 bits per heavy atom. The Morgan fingerprint density at radius 3 is 2.53 bits per heavy atom. The quantitative estimate of drug-likeness (QED) is 0.488. The van der Waals surface area contributed by atoms with Gasteiger partial charge in [-0.25, -0.2) is 0 Å². The lowest BCUT2D eigenvalue weighted by Gasteiger charge is -2.28. The first-order valence-corrected chi connectivity index (χ1v) is 10.7. The van der Waals surface area contributed by atoms with Gasteiger partial charge in [0.2, 0.25) is 0 Å². The number of methoxy groups -OCH3 is 1. The molecule has 3 rings (SSSR count). The van der Waals surface area contributed by atoms with E-state index >= 15 is 0 Å². The Labute approximate surface area is 193 Å². The minimum Gasteiger partial charge on any atom is -0.493 e. The number of rotatable bonds is 7. The topological polar surface area (TPSA) is 83.8 Å². The zero-order valence-corrected chi connectivity index (χ0v) is 19.1. The molecule has 1 aliphatic heterocycles. The summed E-state index contributed by atoms with van der Waals surface area (Å²) < 4.78 is 16.4. The van der Waals surface area contributed by atoms with Crippen LogP contribution in [0.15, 0.2) is 42.0 Å². The molecule has 0 atom stereocenters. The summed E-state index contributed by atoms with van der Waals surface area (Å²) in [6, 6.07) is 12.8. The van der Waals surface area contributed by atoms with Crippen LogP contribution in [0.3, 0.4) is 0 Å². The van der Waals surface area contributed by atoms with Gasteiger partial charge < -0.3 is 24.4 Å². The normalized spacial score (nSPS) is 14.1. The van der Waals surface area contributed by atoms with Gasteiger partial charge in [0.05, 0.1) is 31.5 Å². The largest absolute Gasteiger partial charge is 0.493 e. The second-order valence-electron chi connectivity index (χ2n) is 7.47. The molecule has 1 aliphatic rings. The summed E-state index contributed by atoms with van der Waals surface area (Å²) in [6.45, 7) is 6.84. The molecule has 168 valence electrons. The molecule has 0 spiro atoms. The van der Waals surface area contributed by atoms with E-state index in [1.165, 1.54) is 13.2 Å². The lowest BCUT2D eigenvalue weighted by atomic mass is 10.1. The number of benzene rings is 2. The molecule has 0 saturated carbocycles. The van der Waals surface area contributed by atoms with Crippen molar-refractivity contribution in [2.75, 3.05) is 43.6 Å². The number of hydrogen-bond donors (Lipinski definition) is 1. The first-order valence-electron chi connectivity index (χ1n) is 10.3. The maximum absolute atomic E-state index is 12.7. The lowest BCUT2D eigenvalue weighted by Crippen LogP contribution is -2.36. The van der Waals surface area contributed by atoms with Crippen LogP contribution in [0.2, 0.25) is 5.02 Å². The molecule has 0 bridgehead atoms. The van der Waals surface area contributed by atoms with Crippen molar-refractivity contribution in [2.24, 2.45) is 0 Å². The molecule has 0 unspecified atom stereocenters. The van der Waals surface area contributed by atoms with Crippen molar-refractivity contribution in [2.45, 2.75) is 20.0 Å². The van der Waals surface area contributed by atoms with Gasteiger partial charge in [0, 0.05) is 24.5 Å². The molecule has 1 amide bonds. The standard InChI is InChI=1S/C24H26ClN3O4/c1-16(2)32-23-21(25)13-17(14-22(23)30-3)12-18(15-26)24(29)27-19-4-6-20(7-5-19)28-8-10-31-11-9-28/h4-7,12-14,16H,8-11H2,1-3H3,(H,27,29)/b18-12+. The van der Waals surface area contributed by atoms with Gasteiger partial charge in [-0.15, -0.1) is 0 Å². The highest BCUT2D eigenvalue weighted by molar-refractivity contribution is 6.32. The average molecular weight is 456 g/mol. The fraction of sp³-hybridized carbons (Fsp3) is 0.333. The van der Waals surface area contributed by atoms with Crippen LogP contribution in [0.25, 0.3) is 6.08 Å². The van der Waals surface area contributed by atoms with E-state index in [9.17, 15) is 10.1 Å². The van der Waals surface area contributed by atoms with Crippen molar-refractivity contribution >= 4 is 35.0 Å². The average Bonchev–Trinajstić information content (AvgIpc) is 2.79. The molecule has 1 fully saturated rings. The van der Waals surface area contributed by atoms with Crippen LogP contribution in [0.4, 0.5) is 11.4 Å². The van der Waals surface area contributed by atoms with E-state index in [4.69, 9.17) is 25.8 Å². The van der Waals surface area contributed by atoms with Gasteiger partial charge >= 0.3 is 0 Å².